The SMILES string of the molecule is CCOC(=O)C(C)Oc1c(CC(C)N)cccc1OC. The zero-order chi connectivity index (χ0) is 15.1. The second-order valence-electron chi connectivity index (χ2n) is 4.64. The zero-order valence-corrected chi connectivity index (χ0v) is 12.5. The van der Waals surface area contributed by atoms with E-state index in [0.717, 1.165) is 5.56 Å². The Morgan fingerprint density at radius 1 is 1.35 bits per heavy atom. The number of nitrogens with two attached hydrogens (primary N) is 1. The van der Waals surface area contributed by atoms with Gasteiger partial charge in [0.25, 0.3) is 0 Å². The molecule has 2 atom stereocenters. The lowest BCUT2D eigenvalue weighted by Gasteiger charge is -2.19. The van der Waals surface area contributed by atoms with Gasteiger partial charge in [0.1, 0.15) is 0 Å². The number of benzene rings is 1. The van der Waals surface area contributed by atoms with E-state index in [1.807, 2.05) is 19.1 Å². The summed E-state index contributed by atoms with van der Waals surface area (Å²) >= 11 is 0. The molecule has 0 saturated carbocycles. The minimum absolute atomic E-state index is 0.0117. The molecule has 0 aliphatic carbocycles. The van der Waals surface area contributed by atoms with E-state index in [-0.39, 0.29) is 6.04 Å². The average molecular weight is 281 g/mol. The van der Waals surface area contributed by atoms with Gasteiger partial charge in [-0.05, 0) is 38.8 Å². The zero-order valence-electron chi connectivity index (χ0n) is 12.5. The standard InChI is InChI=1S/C15H23NO4/c1-5-19-15(17)11(3)20-14-12(9-10(2)16)7-6-8-13(14)18-4/h6-8,10-11H,5,9,16H2,1-4H3. The summed E-state index contributed by atoms with van der Waals surface area (Å²) in [7, 11) is 1.56. The Morgan fingerprint density at radius 3 is 2.60 bits per heavy atom. The van der Waals surface area contributed by atoms with Crippen LogP contribution in [0, 0.1) is 0 Å². The van der Waals surface area contributed by atoms with Crippen molar-refractivity contribution in [1.29, 1.82) is 0 Å². The van der Waals surface area contributed by atoms with Crippen molar-refractivity contribution in [2.75, 3.05) is 13.7 Å². The van der Waals surface area contributed by atoms with E-state index in [1.165, 1.54) is 0 Å². The minimum Gasteiger partial charge on any atom is -0.493 e. The van der Waals surface area contributed by atoms with Gasteiger partial charge in [0, 0.05) is 6.04 Å². The van der Waals surface area contributed by atoms with Crippen LogP contribution in [0.1, 0.15) is 26.3 Å². The van der Waals surface area contributed by atoms with Gasteiger partial charge in [-0.3, -0.25) is 0 Å². The van der Waals surface area contributed by atoms with Crippen molar-refractivity contribution < 1.29 is 19.0 Å². The molecule has 0 aliphatic heterocycles. The number of esters is 1. The van der Waals surface area contributed by atoms with Crippen molar-refractivity contribution >= 4 is 5.97 Å². The Hall–Kier alpha value is -1.75. The van der Waals surface area contributed by atoms with Gasteiger partial charge in [-0.2, -0.15) is 0 Å². The molecule has 0 saturated heterocycles. The summed E-state index contributed by atoms with van der Waals surface area (Å²) in [5.74, 6) is 0.734. The third-order valence-corrected chi connectivity index (χ3v) is 2.74. The number of hydrogen-bond donors (Lipinski definition) is 1. The lowest BCUT2D eigenvalue weighted by Crippen LogP contribution is -2.27. The normalized spacial score (nSPS) is 13.4. The molecule has 0 radical (unpaired) electrons. The second kappa shape index (κ2) is 7.75. The Bertz CT molecular complexity index is 445. The van der Waals surface area contributed by atoms with Crippen molar-refractivity contribution in [2.45, 2.75) is 39.3 Å². The number of para-hydroxylation sites is 1. The van der Waals surface area contributed by atoms with E-state index in [2.05, 4.69) is 0 Å². The number of carbonyl (C=O) groups excluding carboxylic acids is 1. The van der Waals surface area contributed by atoms with Gasteiger partial charge in [-0.15, -0.1) is 0 Å². The molecule has 2 N–H and O–H groups in total. The predicted octanol–water partition coefficient (Wildman–Crippen LogP) is 1.92. The first kappa shape index (κ1) is 16.3. The summed E-state index contributed by atoms with van der Waals surface area (Å²) in [5.41, 5.74) is 6.75. The maximum atomic E-state index is 11.7. The Morgan fingerprint density at radius 2 is 2.05 bits per heavy atom. The molecule has 1 aromatic rings. The minimum atomic E-state index is -0.696. The highest BCUT2D eigenvalue weighted by Crippen LogP contribution is 2.32. The Kier molecular flexibility index (Phi) is 6.31. The maximum Gasteiger partial charge on any atom is 0.347 e. The van der Waals surface area contributed by atoms with Crippen LogP contribution in [0.3, 0.4) is 0 Å². The number of hydrogen-bond acceptors (Lipinski definition) is 5. The van der Waals surface area contributed by atoms with Gasteiger partial charge in [-0.25, -0.2) is 4.79 Å². The molecule has 20 heavy (non-hydrogen) atoms. The molecule has 5 nitrogen and oxygen atoms in total. The molecule has 0 amide bonds. The highest BCUT2D eigenvalue weighted by Gasteiger charge is 2.20. The fourth-order valence-electron chi connectivity index (χ4n) is 1.85. The first-order valence-corrected chi connectivity index (χ1v) is 6.74. The van der Waals surface area contributed by atoms with E-state index in [1.54, 1.807) is 27.0 Å². The molecule has 0 fully saturated rings. The van der Waals surface area contributed by atoms with Gasteiger partial charge in [0.2, 0.25) is 0 Å². The first-order chi connectivity index (χ1) is 9.49. The van der Waals surface area contributed by atoms with Crippen LogP contribution < -0.4 is 15.2 Å². The summed E-state index contributed by atoms with van der Waals surface area (Å²) in [4.78, 5) is 11.7. The fourth-order valence-corrected chi connectivity index (χ4v) is 1.85. The Labute approximate surface area is 120 Å². The average Bonchev–Trinajstić information content (AvgIpc) is 2.40. The van der Waals surface area contributed by atoms with Crippen LogP contribution in [-0.2, 0) is 16.0 Å². The molecule has 1 aromatic carbocycles. The van der Waals surface area contributed by atoms with E-state index in [0.29, 0.717) is 24.5 Å². The summed E-state index contributed by atoms with van der Waals surface area (Å²) in [5, 5.41) is 0. The van der Waals surface area contributed by atoms with Gasteiger partial charge in [0.05, 0.1) is 13.7 Å². The Balaban J connectivity index is 2.98. The van der Waals surface area contributed by atoms with Crippen molar-refractivity contribution in [1.82, 2.24) is 0 Å². The fraction of sp³-hybridized carbons (Fsp3) is 0.533. The van der Waals surface area contributed by atoms with Crippen molar-refractivity contribution in [3.63, 3.8) is 0 Å². The van der Waals surface area contributed by atoms with Crippen molar-refractivity contribution in [2.24, 2.45) is 5.73 Å². The third-order valence-electron chi connectivity index (χ3n) is 2.74. The second-order valence-corrected chi connectivity index (χ2v) is 4.64. The smallest absolute Gasteiger partial charge is 0.347 e. The van der Waals surface area contributed by atoms with E-state index in [9.17, 15) is 4.79 Å². The van der Waals surface area contributed by atoms with Crippen LogP contribution in [0.15, 0.2) is 18.2 Å². The number of ether oxygens (including phenoxy) is 3. The van der Waals surface area contributed by atoms with Gasteiger partial charge in [0.15, 0.2) is 17.6 Å². The van der Waals surface area contributed by atoms with Crippen LogP contribution in [0.2, 0.25) is 0 Å². The van der Waals surface area contributed by atoms with Gasteiger partial charge >= 0.3 is 5.97 Å². The number of methoxy groups -OCH3 is 1. The molecular formula is C15H23NO4. The van der Waals surface area contributed by atoms with Crippen LogP contribution in [0.25, 0.3) is 0 Å². The maximum absolute atomic E-state index is 11.7. The largest absolute Gasteiger partial charge is 0.493 e. The third kappa shape index (κ3) is 4.42. The molecule has 5 heteroatoms. The monoisotopic (exact) mass is 281 g/mol. The van der Waals surface area contributed by atoms with E-state index >= 15 is 0 Å². The van der Waals surface area contributed by atoms with Crippen LogP contribution in [0.5, 0.6) is 11.5 Å². The highest BCUT2D eigenvalue weighted by molar-refractivity contribution is 5.74. The quantitative estimate of drug-likeness (QED) is 0.773. The predicted molar refractivity (Wildman–Crippen MR) is 77.1 cm³/mol. The lowest BCUT2D eigenvalue weighted by molar-refractivity contribution is -0.150. The van der Waals surface area contributed by atoms with E-state index < -0.39 is 12.1 Å². The summed E-state index contributed by atoms with van der Waals surface area (Å²) in [6.07, 6.45) is -0.0553. The number of rotatable bonds is 7. The summed E-state index contributed by atoms with van der Waals surface area (Å²) < 4.78 is 16.0. The molecular weight excluding hydrogens is 258 g/mol. The molecule has 1 rings (SSSR count). The summed E-state index contributed by atoms with van der Waals surface area (Å²) in [6.45, 7) is 5.65. The molecule has 0 heterocycles. The van der Waals surface area contributed by atoms with Crippen molar-refractivity contribution in [3.8, 4) is 11.5 Å². The highest BCUT2D eigenvalue weighted by atomic mass is 16.6. The lowest BCUT2D eigenvalue weighted by atomic mass is 10.1. The van der Waals surface area contributed by atoms with Crippen molar-refractivity contribution in [3.05, 3.63) is 23.8 Å². The topological polar surface area (TPSA) is 70.8 Å². The molecule has 0 aromatic heterocycles. The molecule has 0 aliphatic rings. The number of carbonyl (C=O) groups is 1. The van der Waals surface area contributed by atoms with Crippen LogP contribution in [-0.4, -0.2) is 31.8 Å². The molecule has 0 bridgehead atoms. The molecule has 112 valence electrons. The van der Waals surface area contributed by atoms with Crippen LogP contribution >= 0.6 is 0 Å². The molecule has 2 unspecified atom stereocenters. The summed E-state index contributed by atoms with van der Waals surface area (Å²) in [6, 6.07) is 5.57. The van der Waals surface area contributed by atoms with Gasteiger partial charge < -0.3 is 19.9 Å². The van der Waals surface area contributed by atoms with Gasteiger partial charge in [-0.1, -0.05) is 12.1 Å². The van der Waals surface area contributed by atoms with Crippen LogP contribution in [0.4, 0.5) is 0 Å². The van der Waals surface area contributed by atoms with E-state index in [4.69, 9.17) is 19.9 Å². The molecule has 0 spiro atoms. The first-order valence-electron chi connectivity index (χ1n) is 6.74.